The van der Waals surface area contributed by atoms with Crippen LogP contribution in [0.15, 0.2) is 6.07 Å². The van der Waals surface area contributed by atoms with Gasteiger partial charge in [0.05, 0.1) is 5.92 Å². The van der Waals surface area contributed by atoms with Gasteiger partial charge in [-0.3, -0.25) is 4.79 Å². The lowest BCUT2D eigenvalue weighted by Gasteiger charge is -2.11. The number of carbonyl (C=O) groups is 1. The van der Waals surface area contributed by atoms with Crippen molar-refractivity contribution in [2.75, 3.05) is 11.9 Å². The minimum absolute atomic E-state index is 0.328. The zero-order valence-corrected chi connectivity index (χ0v) is 10.7. The molecule has 0 aliphatic heterocycles. The first-order chi connectivity index (χ1) is 7.90. The van der Waals surface area contributed by atoms with Crippen LogP contribution in [0.25, 0.3) is 0 Å². The van der Waals surface area contributed by atoms with Gasteiger partial charge in [-0.15, -0.1) is 0 Å². The van der Waals surface area contributed by atoms with E-state index in [0.29, 0.717) is 18.4 Å². The van der Waals surface area contributed by atoms with Crippen LogP contribution in [0.5, 0.6) is 0 Å². The number of aryl methyl sites for hydroxylation is 1. The molecule has 0 aliphatic rings. The molecule has 1 atom stereocenters. The maximum Gasteiger partial charge on any atom is 0.308 e. The molecule has 0 fully saturated rings. The van der Waals surface area contributed by atoms with Gasteiger partial charge in [-0.2, -0.15) is 0 Å². The summed E-state index contributed by atoms with van der Waals surface area (Å²) in [6.07, 6.45) is 0. The Morgan fingerprint density at radius 3 is 2.59 bits per heavy atom. The first-order valence-electron chi connectivity index (χ1n) is 5.72. The number of aromatic nitrogens is 2. The molecule has 0 aliphatic carbocycles. The Balaban J connectivity index is 2.74. The van der Waals surface area contributed by atoms with Gasteiger partial charge in [0.1, 0.15) is 0 Å². The van der Waals surface area contributed by atoms with Crippen LogP contribution in [0.3, 0.4) is 0 Å². The van der Waals surface area contributed by atoms with Gasteiger partial charge in [-0.25, -0.2) is 9.97 Å². The molecular formula is C12H19N3O2. The summed E-state index contributed by atoms with van der Waals surface area (Å²) in [5, 5.41) is 11.7. The summed E-state index contributed by atoms with van der Waals surface area (Å²) in [4.78, 5) is 19.3. The lowest BCUT2D eigenvalue weighted by molar-refractivity contribution is -0.140. The number of nitrogens with zero attached hydrogens (tertiary/aromatic N) is 2. The van der Waals surface area contributed by atoms with E-state index < -0.39 is 11.9 Å². The monoisotopic (exact) mass is 237 g/mol. The molecule has 0 aromatic carbocycles. The summed E-state index contributed by atoms with van der Waals surface area (Å²) in [5.74, 6) is -0.452. The van der Waals surface area contributed by atoms with E-state index in [-0.39, 0.29) is 0 Å². The van der Waals surface area contributed by atoms with Gasteiger partial charge in [-0.1, -0.05) is 20.8 Å². The van der Waals surface area contributed by atoms with Crippen LogP contribution < -0.4 is 5.32 Å². The maximum atomic E-state index is 10.7. The second-order valence-electron chi connectivity index (χ2n) is 4.53. The molecule has 17 heavy (non-hydrogen) atoms. The topological polar surface area (TPSA) is 75.1 Å². The van der Waals surface area contributed by atoms with Crippen LogP contribution in [0, 0.1) is 12.8 Å². The van der Waals surface area contributed by atoms with Gasteiger partial charge in [0, 0.05) is 17.9 Å². The molecule has 0 amide bonds. The molecule has 1 rings (SSSR count). The molecule has 0 saturated heterocycles. The molecule has 5 nitrogen and oxygen atoms in total. The van der Waals surface area contributed by atoms with E-state index in [1.807, 2.05) is 13.0 Å². The Labute approximate surface area is 101 Å². The smallest absolute Gasteiger partial charge is 0.308 e. The van der Waals surface area contributed by atoms with Crippen LogP contribution in [0.1, 0.15) is 38.1 Å². The van der Waals surface area contributed by atoms with Crippen molar-refractivity contribution in [2.45, 2.75) is 33.6 Å². The normalized spacial score (nSPS) is 12.5. The van der Waals surface area contributed by atoms with Gasteiger partial charge < -0.3 is 10.4 Å². The van der Waals surface area contributed by atoms with Crippen molar-refractivity contribution in [3.63, 3.8) is 0 Å². The maximum absolute atomic E-state index is 10.7. The Hall–Kier alpha value is -1.65. The highest BCUT2D eigenvalue weighted by Gasteiger charge is 2.11. The Morgan fingerprint density at radius 2 is 2.06 bits per heavy atom. The zero-order chi connectivity index (χ0) is 13.0. The first kappa shape index (κ1) is 13.4. The van der Waals surface area contributed by atoms with Gasteiger partial charge in [-0.05, 0) is 18.9 Å². The van der Waals surface area contributed by atoms with Crippen molar-refractivity contribution >= 4 is 11.9 Å². The third-order valence-electron chi connectivity index (χ3n) is 2.45. The average molecular weight is 237 g/mol. The fraction of sp³-hybridized carbons (Fsp3) is 0.583. The highest BCUT2D eigenvalue weighted by molar-refractivity contribution is 5.70. The number of carboxylic acid groups (broad SMARTS) is 1. The van der Waals surface area contributed by atoms with Gasteiger partial charge in [0.15, 0.2) is 0 Å². The molecule has 0 spiro atoms. The molecule has 1 heterocycles. The molecule has 0 saturated carbocycles. The van der Waals surface area contributed by atoms with Gasteiger partial charge in [0.2, 0.25) is 5.95 Å². The number of rotatable bonds is 5. The third kappa shape index (κ3) is 4.01. The Morgan fingerprint density at radius 1 is 1.41 bits per heavy atom. The van der Waals surface area contributed by atoms with E-state index in [9.17, 15) is 4.79 Å². The van der Waals surface area contributed by atoms with Crippen LogP contribution in [-0.4, -0.2) is 27.6 Å². The first-order valence-corrected chi connectivity index (χ1v) is 5.72. The van der Waals surface area contributed by atoms with E-state index in [1.54, 1.807) is 6.92 Å². The lowest BCUT2D eigenvalue weighted by Crippen LogP contribution is -2.21. The van der Waals surface area contributed by atoms with Crippen molar-refractivity contribution in [1.82, 2.24) is 9.97 Å². The fourth-order valence-corrected chi connectivity index (χ4v) is 1.30. The highest BCUT2D eigenvalue weighted by atomic mass is 16.4. The zero-order valence-electron chi connectivity index (χ0n) is 10.7. The number of aliphatic carboxylic acids is 1. The summed E-state index contributed by atoms with van der Waals surface area (Å²) in [7, 11) is 0. The molecule has 0 radical (unpaired) electrons. The highest BCUT2D eigenvalue weighted by Crippen LogP contribution is 2.14. The van der Waals surface area contributed by atoms with Crippen LogP contribution >= 0.6 is 0 Å². The molecule has 2 N–H and O–H groups in total. The lowest BCUT2D eigenvalue weighted by atomic mass is 10.1. The second kappa shape index (κ2) is 5.61. The Bertz CT molecular complexity index is 405. The standard InChI is InChI=1S/C12H19N3O2/c1-7(2)10-5-9(4)14-12(15-10)13-6-8(3)11(16)17/h5,7-8H,6H2,1-4H3,(H,16,17)(H,13,14,15). The quantitative estimate of drug-likeness (QED) is 0.819. The fourth-order valence-electron chi connectivity index (χ4n) is 1.30. The van der Waals surface area contributed by atoms with Crippen LogP contribution in [0.4, 0.5) is 5.95 Å². The van der Waals surface area contributed by atoms with E-state index in [0.717, 1.165) is 11.4 Å². The predicted octanol–water partition coefficient (Wildman–Crippen LogP) is 2.04. The number of carboxylic acids is 1. The summed E-state index contributed by atoms with van der Waals surface area (Å²) < 4.78 is 0. The molecule has 0 bridgehead atoms. The summed E-state index contributed by atoms with van der Waals surface area (Å²) in [6.45, 7) is 8.00. The third-order valence-corrected chi connectivity index (χ3v) is 2.45. The van der Waals surface area contributed by atoms with Crippen molar-refractivity contribution < 1.29 is 9.90 Å². The minimum Gasteiger partial charge on any atom is -0.481 e. The number of hydrogen-bond acceptors (Lipinski definition) is 4. The predicted molar refractivity (Wildman–Crippen MR) is 66.1 cm³/mol. The van der Waals surface area contributed by atoms with Crippen molar-refractivity contribution in [3.8, 4) is 0 Å². The van der Waals surface area contributed by atoms with Crippen molar-refractivity contribution in [1.29, 1.82) is 0 Å². The largest absolute Gasteiger partial charge is 0.481 e. The number of hydrogen-bond donors (Lipinski definition) is 2. The van der Waals surface area contributed by atoms with Crippen LogP contribution in [-0.2, 0) is 4.79 Å². The van der Waals surface area contributed by atoms with E-state index in [4.69, 9.17) is 5.11 Å². The van der Waals surface area contributed by atoms with Crippen LogP contribution in [0.2, 0.25) is 0 Å². The minimum atomic E-state index is -0.825. The molecular weight excluding hydrogens is 218 g/mol. The molecule has 1 unspecified atom stereocenters. The van der Waals surface area contributed by atoms with E-state index in [2.05, 4.69) is 29.1 Å². The van der Waals surface area contributed by atoms with Crippen molar-refractivity contribution in [3.05, 3.63) is 17.5 Å². The molecule has 1 aromatic rings. The summed E-state index contributed by atoms with van der Waals surface area (Å²) >= 11 is 0. The Kier molecular flexibility index (Phi) is 4.43. The second-order valence-corrected chi connectivity index (χ2v) is 4.53. The molecule has 1 aromatic heterocycles. The summed E-state index contributed by atoms with van der Waals surface area (Å²) in [5.41, 5.74) is 1.84. The van der Waals surface area contributed by atoms with Crippen molar-refractivity contribution in [2.24, 2.45) is 5.92 Å². The average Bonchev–Trinajstić information content (AvgIpc) is 2.24. The molecule has 5 heteroatoms. The van der Waals surface area contributed by atoms with E-state index >= 15 is 0 Å². The SMILES string of the molecule is Cc1cc(C(C)C)nc(NCC(C)C(=O)O)n1. The number of nitrogens with one attached hydrogen (secondary N) is 1. The van der Waals surface area contributed by atoms with Gasteiger partial charge >= 0.3 is 5.97 Å². The van der Waals surface area contributed by atoms with E-state index in [1.165, 1.54) is 0 Å². The van der Waals surface area contributed by atoms with Gasteiger partial charge in [0.25, 0.3) is 0 Å². The molecule has 94 valence electrons. The summed E-state index contributed by atoms with van der Waals surface area (Å²) in [6, 6.07) is 1.94. The number of anilines is 1.